The molecular weight excluding hydrogens is 377 g/mol. The Balaban J connectivity index is 1.84. The number of carbonyl (C=O) groups excluding carboxylic acids is 2. The summed E-state index contributed by atoms with van der Waals surface area (Å²) in [6.07, 6.45) is -3.53. The van der Waals surface area contributed by atoms with E-state index in [1.807, 2.05) is 0 Å². The lowest BCUT2D eigenvalue weighted by atomic mass is 10.2. The maximum atomic E-state index is 13.0. The minimum atomic E-state index is -4.52. The number of carbonyl (C=O) groups is 2. The van der Waals surface area contributed by atoms with Crippen LogP contribution in [-0.4, -0.2) is 36.1 Å². The Bertz CT molecular complexity index is 825. The van der Waals surface area contributed by atoms with Gasteiger partial charge in [-0.25, -0.2) is 13.8 Å². The molecule has 0 aliphatic carbocycles. The quantitative estimate of drug-likeness (QED) is 0.745. The van der Waals surface area contributed by atoms with Crippen LogP contribution < -0.4 is 15.4 Å². The normalized spacial score (nSPS) is 11.0. The number of alkyl halides is 3. The molecule has 1 heterocycles. The predicted molar refractivity (Wildman–Crippen MR) is 83.1 cm³/mol. The van der Waals surface area contributed by atoms with Crippen LogP contribution in [0.5, 0.6) is 5.88 Å². The number of ether oxygens (including phenoxy) is 1. The second kappa shape index (κ2) is 8.43. The lowest BCUT2D eigenvalue weighted by Crippen LogP contribution is -2.32. The zero-order valence-corrected chi connectivity index (χ0v) is 13.4. The van der Waals surface area contributed by atoms with Crippen LogP contribution in [0.1, 0.15) is 10.4 Å². The monoisotopic (exact) mass is 389 g/mol. The van der Waals surface area contributed by atoms with Gasteiger partial charge in [-0.1, -0.05) is 0 Å². The van der Waals surface area contributed by atoms with Crippen LogP contribution >= 0.6 is 0 Å². The van der Waals surface area contributed by atoms with Gasteiger partial charge < -0.3 is 15.4 Å². The van der Waals surface area contributed by atoms with E-state index in [4.69, 9.17) is 0 Å². The standard InChI is InChI=1S/C16H12F5N3O3/c17-11-3-2-10(5-12(11)18)24-13(25)7-23-15(26)9-1-4-14(22-6-9)27-8-16(19,20)21/h1-6H,7-8H2,(H,23,26)(H,24,25). The summed E-state index contributed by atoms with van der Waals surface area (Å²) in [5.41, 5.74) is -0.0176. The smallest absolute Gasteiger partial charge is 0.422 e. The zero-order valence-electron chi connectivity index (χ0n) is 13.4. The maximum absolute atomic E-state index is 13.0. The number of hydrogen-bond donors (Lipinski definition) is 2. The van der Waals surface area contributed by atoms with E-state index in [-0.39, 0.29) is 17.1 Å². The van der Waals surface area contributed by atoms with Crippen molar-refractivity contribution in [1.29, 1.82) is 0 Å². The average molecular weight is 389 g/mol. The number of nitrogens with one attached hydrogen (secondary N) is 2. The lowest BCUT2D eigenvalue weighted by Gasteiger charge is -2.09. The van der Waals surface area contributed by atoms with Crippen molar-refractivity contribution in [3.05, 3.63) is 53.7 Å². The second-order valence-corrected chi connectivity index (χ2v) is 5.15. The third kappa shape index (κ3) is 6.53. The number of aromatic nitrogens is 1. The van der Waals surface area contributed by atoms with Gasteiger partial charge in [-0.2, -0.15) is 13.2 Å². The summed E-state index contributed by atoms with van der Waals surface area (Å²) in [4.78, 5) is 27.1. The molecule has 144 valence electrons. The van der Waals surface area contributed by atoms with Gasteiger partial charge in [-0.15, -0.1) is 0 Å². The van der Waals surface area contributed by atoms with E-state index >= 15 is 0 Å². The molecule has 0 aliphatic rings. The largest absolute Gasteiger partial charge is 0.468 e. The minimum absolute atomic E-state index is 0.000909. The first-order chi connectivity index (χ1) is 12.6. The van der Waals surface area contributed by atoms with Crippen molar-refractivity contribution >= 4 is 17.5 Å². The van der Waals surface area contributed by atoms with Crippen molar-refractivity contribution in [2.24, 2.45) is 0 Å². The summed E-state index contributed by atoms with van der Waals surface area (Å²) >= 11 is 0. The van der Waals surface area contributed by atoms with Crippen LogP contribution in [0.3, 0.4) is 0 Å². The molecule has 1 aromatic heterocycles. The number of hydrogen-bond acceptors (Lipinski definition) is 4. The molecule has 0 saturated heterocycles. The summed E-state index contributed by atoms with van der Waals surface area (Å²) in [5.74, 6) is -3.95. The van der Waals surface area contributed by atoms with E-state index < -0.39 is 42.8 Å². The molecule has 0 spiro atoms. The zero-order chi connectivity index (χ0) is 20.0. The van der Waals surface area contributed by atoms with Crippen LogP contribution in [0.25, 0.3) is 0 Å². The molecule has 0 bridgehead atoms. The molecule has 0 radical (unpaired) electrons. The van der Waals surface area contributed by atoms with Crippen molar-refractivity contribution in [3.8, 4) is 5.88 Å². The molecule has 27 heavy (non-hydrogen) atoms. The Hall–Kier alpha value is -3.24. The molecule has 2 N–H and O–H groups in total. The van der Waals surface area contributed by atoms with Crippen LogP contribution in [0.2, 0.25) is 0 Å². The molecular formula is C16H12F5N3O3. The summed E-state index contributed by atoms with van der Waals surface area (Å²) in [6, 6.07) is 4.99. The summed E-state index contributed by atoms with van der Waals surface area (Å²) in [6.45, 7) is -2.00. The SMILES string of the molecule is O=C(CNC(=O)c1ccc(OCC(F)(F)F)nc1)Nc1ccc(F)c(F)c1. The summed E-state index contributed by atoms with van der Waals surface area (Å²) < 4.78 is 66.3. The van der Waals surface area contributed by atoms with Gasteiger partial charge >= 0.3 is 6.18 Å². The predicted octanol–water partition coefficient (Wildman–Crippen LogP) is 2.67. The van der Waals surface area contributed by atoms with Gasteiger partial charge in [0.1, 0.15) is 0 Å². The number of halogens is 5. The Morgan fingerprint density at radius 3 is 2.41 bits per heavy atom. The second-order valence-electron chi connectivity index (χ2n) is 5.15. The topological polar surface area (TPSA) is 80.3 Å². The average Bonchev–Trinajstić information content (AvgIpc) is 2.61. The Labute approximate surface area is 149 Å². The van der Waals surface area contributed by atoms with Crippen LogP contribution in [-0.2, 0) is 4.79 Å². The van der Waals surface area contributed by atoms with Gasteiger partial charge in [0.25, 0.3) is 5.91 Å². The molecule has 6 nitrogen and oxygen atoms in total. The molecule has 1 aromatic carbocycles. The summed E-state index contributed by atoms with van der Waals surface area (Å²) in [7, 11) is 0. The molecule has 0 aliphatic heterocycles. The van der Waals surface area contributed by atoms with Gasteiger partial charge in [0.2, 0.25) is 11.8 Å². The molecule has 0 fully saturated rings. The van der Waals surface area contributed by atoms with E-state index in [9.17, 15) is 31.5 Å². The first-order valence-electron chi connectivity index (χ1n) is 7.33. The van der Waals surface area contributed by atoms with Gasteiger partial charge in [-0.05, 0) is 18.2 Å². The maximum Gasteiger partial charge on any atom is 0.422 e. The van der Waals surface area contributed by atoms with Gasteiger partial charge in [0, 0.05) is 24.0 Å². The molecule has 11 heteroatoms. The third-order valence-electron chi connectivity index (χ3n) is 3.00. The first-order valence-corrected chi connectivity index (χ1v) is 7.33. The Morgan fingerprint density at radius 1 is 1.07 bits per heavy atom. The van der Waals surface area contributed by atoms with Crippen molar-refractivity contribution in [2.75, 3.05) is 18.5 Å². The minimum Gasteiger partial charge on any atom is -0.468 e. The molecule has 0 unspecified atom stereocenters. The molecule has 0 saturated carbocycles. The highest BCUT2D eigenvalue weighted by molar-refractivity contribution is 5.99. The Kier molecular flexibility index (Phi) is 6.27. The molecule has 2 aromatic rings. The number of amides is 2. The van der Waals surface area contributed by atoms with Gasteiger partial charge in [0.05, 0.1) is 12.1 Å². The van der Waals surface area contributed by atoms with Gasteiger partial charge in [-0.3, -0.25) is 9.59 Å². The van der Waals surface area contributed by atoms with Crippen molar-refractivity contribution in [3.63, 3.8) is 0 Å². The highest BCUT2D eigenvalue weighted by atomic mass is 19.4. The van der Waals surface area contributed by atoms with Crippen LogP contribution in [0.15, 0.2) is 36.5 Å². The van der Waals surface area contributed by atoms with E-state index in [2.05, 4.69) is 20.4 Å². The molecule has 2 amide bonds. The molecule has 2 rings (SSSR count). The van der Waals surface area contributed by atoms with E-state index in [1.165, 1.54) is 6.07 Å². The highest BCUT2D eigenvalue weighted by Crippen LogP contribution is 2.17. The number of nitrogens with zero attached hydrogens (tertiary/aromatic N) is 1. The first kappa shape index (κ1) is 20.1. The van der Waals surface area contributed by atoms with Crippen LogP contribution in [0, 0.1) is 11.6 Å². The summed E-state index contributed by atoms with van der Waals surface area (Å²) in [5, 5.41) is 4.50. The van der Waals surface area contributed by atoms with E-state index in [0.717, 1.165) is 30.5 Å². The fraction of sp³-hybridized carbons (Fsp3) is 0.188. The number of pyridine rings is 1. The lowest BCUT2D eigenvalue weighted by molar-refractivity contribution is -0.154. The number of anilines is 1. The van der Waals surface area contributed by atoms with Crippen LogP contribution in [0.4, 0.5) is 27.6 Å². The fourth-order valence-electron chi connectivity index (χ4n) is 1.80. The number of rotatable bonds is 6. The third-order valence-corrected chi connectivity index (χ3v) is 3.00. The van der Waals surface area contributed by atoms with Crippen molar-refractivity contribution in [2.45, 2.75) is 6.18 Å². The van der Waals surface area contributed by atoms with Gasteiger partial charge in [0.15, 0.2) is 18.2 Å². The fourth-order valence-corrected chi connectivity index (χ4v) is 1.80. The van der Waals surface area contributed by atoms with E-state index in [1.54, 1.807) is 0 Å². The Morgan fingerprint density at radius 2 is 1.81 bits per heavy atom. The molecule has 0 atom stereocenters. The van der Waals surface area contributed by atoms with Crippen molar-refractivity contribution < 1.29 is 36.3 Å². The highest BCUT2D eigenvalue weighted by Gasteiger charge is 2.28. The van der Waals surface area contributed by atoms with E-state index in [0.29, 0.717) is 0 Å². The van der Waals surface area contributed by atoms with Crippen molar-refractivity contribution in [1.82, 2.24) is 10.3 Å². The number of benzene rings is 1.